The van der Waals surface area contributed by atoms with E-state index in [-0.39, 0.29) is 11.5 Å². The maximum Gasteiger partial charge on any atom is 0.260 e. The van der Waals surface area contributed by atoms with Crippen LogP contribution in [0.4, 0.5) is 0 Å². The van der Waals surface area contributed by atoms with Crippen LogP contribution in [0.5, 0.6) is 0 Å². The zero-order valence-corrected chi connectivity index (χ0v) is 10.8. The second-order valence-corrected chi connectivity index (χ2v) is 4.70. The molecule has 1 aromatic heterocycles. The Bertz CT molecular complexity index is 550. The molecule has 0 bridgehead atoms. The molecule has 1 fully saturated rings. The van der Waals surface area contributed by atoms with Gasteiger partial charge in [-0.3, -0.25) is 14.4 Å². The first-order valence-corrected chi connectivity index (χ1v) is 6.36. The second-order valence-electron chi connectivity index (χ2n) is 4.70. The fourth-order valence-corrected chi connectivity index (χ4v) is 2.06. The van der Waals surface area contributed by atoms with Crippen molar-refractivity contribution in [2.24, 2.45) is 0 Å². The third-order valence-corrected chi connectivity index (χ3v) is 3.14. The van der Waals surface area contributed by atoms with Gasteiger partial charge in [0.15, 0.2) is 0 Å². The molecule has 102 valence electrons. The number of pyridine rings is 1. The van der Waals surface area contributed by atoms with Gasteiger partial charge in [0.05, 0.1) is 0 Å². The standard InChI is InChI=1S/C13H17N3O3/c1-8-5-6-9(11(17)15-8)12(18)16-10-4-2-3-7-14-13(10)19/h5-6,10H,2-4,7H2,1H3,(H,14,19)(H,15,17)(H,16,18)/t10-/m1/s1. The van der Waals surface area contributed by atoms with Crippen molar-refractivity contribution >= 4 is 11.8 Å². The molecular formula is C13H17N3O3. The number of hydrogen-bond donors (Lipinski definition) is 3. The Morgan fingerprint density at radius 3 is 2.84 bits per heavy atom. The van der Waals surface area contributed by atoms with Crippen molar-refractivity contribution in [3.63, 3.8) is 0 Å². The largest absolute Gasteiger partial charge is 0.354 e. The Kier molecular flexibility index (Phi) is 3.99. The van der Waals surface area contributed by atoms with Crippen LogP contribution in [-0.2, 0) is 4.79 Å². The fourth-order valence-electron chi connectivity index (χ4n) is 2.06. The number of amides is 2. The highest BCUT2D eigenvalue weighted by atomic mass is 16.2. The Morgan fingerprint density at radius 1 is 1.32 bits per heavy atom. The molecule has 2 rings (SSSR count). The third-order valence-electron chi connectivity index (χ3n) is 3.14. The van der Waals surface area contributed by atoms with Crippen molar-refractivity contribution in [3.8, 4) is 0 Å². The van der Waals surface area contributed by atoms with E-state index in [1.165, 1.54) is 6.07 Å². The van der Waals surface area contributed by atoms with E-state index in [0.29, 0.717) is 18.7 Å². The topological polar surface area (TPSA) is 91.1 Å². The van der Waals surface area contributed by atoms with Gasteiger partial charge in [0.1, 0.15) is 11.6 Å². The summed E-state index contributed by atoms with van der Waals surface area (Å²) in [4.78, 5) is 37.9. The lowest BCUT2D eigenvalue weighted by Crippen LogP contribution is -2.46. The van der Waals surface area contributed by atoms with Crippen LogP contribution in [0.3, 0.4) is 0 Å². The minimum absolute atomic E-state index is 0.0302. The highest BCUT2D eigenvalue weighted by Gasteiger charge is 2.23. The van der Waals surface area contributed by atoms with Crippen LogP contribution in [-0.4, -0.2) is 29.4 Å². The van der Waals surface area contributed by atoms with Gasteiger partial charge in [0.25, 0.3) is 11.5 Å². The monoisotopic (exact) mass is 263 g/mol. The summed E-state index contributed by atoms with van der Waals surface area (Å²) in [6.07, 6.45) is 2.37. The van der Waals surface area contributed by atoms with E-state index in [9.17, 15) is 14.4 Å². The molecule has 0 saturated carbocycles. The number of aromatic nitrogens is 1. The van der Waals surface area contributed by atoms with Gasteiger partial charge >= 0.3 is 0 Å². The Labute approximate surface area is 110 Å². The molecule has 2 heterocycles. The van der Waals surface area contributed by atoms with Crippen molar-refractivity contribution in [3.05, 3.63) is 33.7 Å². The van der Waals surface area contributed by atoms with E-state index in [0.717, 1.165) is 12.8 Å². The summed E-state index contributed by atoms with van der Waals surface area (Å²) in [7, 11) is 0. The quantitative estimate of drug-likeness (QED) is 0.705. The number of H-pyrrole nitrogens is 1. The molecule has 2 amide bonds. The van der Waals surface area contributed by atoms with Crippen molar-refractivity contribution < 1.29 is 9.59 Å². The molecule has 19 heavy (non-hydrogen) atoms. The molecule has 0 unspecified atom stereocenters. The van der Waals surface area contributed by atoms with Gasteiger partial charge < -0.3 is 15.6 Å². The molecule has 0 spiro atoms. The van der Waals surface area contributed by atoms with Crippen LogP contribution in [0.25, 0.3) is 0 Å². The molecule has 1 saturated heterocycles. The number of rotatable bonds is 2. The maximum atomic E-state index is 12.0. The van der Waals surface area contributed by atoms with Crippen molar-refractivity contribution in [2.45, 2.75) is 32.2 Å². The predicted octanol–water partition coefficient (Wildman–Crippen LogP) is 0.0818. The van der Waals surface area contributed by atoms with Gasteiger partial charge in [-0.1, -0.05) is 0 Å². The van der Waals surface area contributed by atoms with Crippen molar-refractivity contribution in [2.75, 3.05) is 6.54 Å². The Hall–Kier alpha value is -2.11. The average molecular weight is 263 g/mol. The number of aromatic amines is 1. The summed E-state index contributed by atoms with van der Waals surface area (Å²) in [5.41, 5.74) is 0.280. The molecule has 1 aliphatic rings. The van der Waals surface area contributed by atoms with E-state index in [4.69, 9.17) is 0 Å². The van der Waals surface area contributed by atoms with Gasteiger partial charge in [-0.25, -0.2) is 0 Å². The molecule has 1 aromatic rings. The Balaban J connectivity index is 2.11. The van der Waals surface area contributed by atoms with E-state index < -0.39 is 17.5 Å². The van der Waals surface area contributed by atoms with Gasteiger partial charge in [0, 0.05) is 12.2 Å². The molecular weight excluding hydrogens is 246 g/mol. The number of nitrogens with one attached hydrogen (secondary N) is 3. The van der Waals surface area contributed by atoms with Crippen LogP contribution in [0.1, 0.15) is 35.3 Å². The summed E-state index contributed by atoms with van der Waals surface area (Å²) >= 11 is 0. The van der Waals surface area contributed by atoms with E-state index in [2.05, 4.69) is 15.6 Å². The normalized spacial score (nSPS) is 19.4. The number of aryl methyl sites for hydroxylation is 1. The highest BCUT2D eigenvalue weighted by Crippen LogP contribution is 2.06. The SMILES string of the molecule is Cc1ccc(C(=O)N[C@@H]2CCCCNC2=O)c(=O)[nH]1. The van der Waals surface area contributed by atoms with Gasteiger partial charge in [-0.15, -0.1) is 0 Å². The number of carbonyl (C=O) groups excluding carboxylic acids is 2. The summed E-state index contributed by atoms with van der Waals surface area (Å²) in [6.45, 7) is 2.37. The molecule has 1 atom stereocenters. The van der Waals surface area contributed by atoms with Gasteiger partial charge in [-0.2, -0.15) is 0 Å². The number of carbonyl (C=O) groups is 2. The fraction of sp³-hybridized carbons (Fsp3) is 0.462. The molecule has 6 heteroatoms. The average Bonchev–Trinajstić information content (AvgIpc) is 2.55. The van der Waals surface area contributed by atoms with Crippen molar-refractivity contribution in [1.82, 2.24) is 15.6 Å². The summed E-state index contributed by atoms with van der Waals surface area (Å²) in [5, 5.41) is 5.35. The summed E-state index contributed by atoms with van der Waals surface area (Å²) in [5.74, 6) is -0.697. The van der Waals surface area contributed by atoms with Gasteiger partial charge in [0.2, 0.25) is 5.91 Å². The zero-order chi connectivity index (χ0) is 13.8. The lowest BCUT2D eigenvalue weighted by atomic mass is 10.1. The molecule has 3 N–H and O–H groups in total. The van der Waals surface area contributed by atoms with E-state index >= 15 is 0 Å². The van der Waals surface area contributed by atoms with E-state index in [1.54, 1.807) is 13.0 Å². The first kappa shape index (κ1) is 13.3. The van der Waals surface area contributed by atoms with Crippen molar-refractivity contribution in [1.29, 1.82) is 0 Å². The van der Waals surface area contributed by atoms with Crippen LogP contribution in [0.2, 0.25) is 0 Å². The summed E-state index contributed by atoms with van der Waals surface area (Å²) in [6, 6.07) is 2.57. The van der Waals surface area contributed by atoms with Crippen LogP contribution in [0, 0.1) is 6.92 Å². The van der Waals surface area contributed by atoms with Crippen LogP contribution >= 0.6 is 0 Å². The maximum absolute atomic E-state index is 12.0. The smallest absolute Gasteiger partial charge is 0.260 e. The lowest BCUT2D eigenvalue weighted by molar-refractivity contribution is -0.122. The molecule has 0 aliphatic carbocycles. The van der Waals surface area contributed by atoms with Crippen LogP contribution < -0.4 is 16.2 Å². The zero-order valence-electron chi connectivity index (χ0n) is 10.8. The molecule has 1 aliphatic heterocycles. The number of hydrogen-bond acceptors (Lipinski definition) is 3. The first-order valence-electron chi connectivity index (χ1n) is 6.36. The summed E-state index contributed by atoms with van der Waals surface area (Å²) < 4.78 is 0. The minimum Gasteiger partial charge on any atom is -0.354 e. The predicted molar refractivity (Wildman–Crippen MR) is 69.9 cm³/mol. The molecule has 0 aromatic carbocycles. The lowest BCUT2D eigenvalue weighted by Gasteiger charge is -2.14. The minimum atomic E-state index is -0.560. The first-order chi connectivity index (χ1) is 9.08. The highest BCUT2D eigenvalue weighted by molar-refractivity contribution is 5.97. The molecule has 6 nitrogen and oxygen atoms in total. The van der Waals surface area contributed by atoms with Crippen LogP contribution in [0.15, 0.2) is 16.9 Å². The third kappa shape index (κ3) is 3.21. The Morgan fingerprint density at radius 2 is 2.11 bits per heavy atom. The molecule has 0 radical (unpaired) electrons. The second kappa shape index (κ2) is 5.69. The van der Waals surface area contributed by atoms with E-state index in [1.807, 2.05) is 0 Å². The van der Waals surface area contributed by atoms with Gasteiger partial charge in [-0.05, 0) is 38.3 Å².